The second-order valence-corrected chi connectivity index (χ2v) is 6.87. The normalized spacial score (nSPS) is 19.8. The van der Waals surface area contributed by atoms with Gasteiger partial charge >= 0.3 is 6.18 Å². The van der Waals surface area contributed by atoms with Gasteiger partial charge in [0, 0.05) is 19.0 Å². The van der Waals surface area contributed by atoms with Crippen molar-refractivity contribution in [3.63, 3.8) is 0 Å². The highest BCUT2D eigenvalue weighted by atomic mass is 19.4. The van der Waals surface area contributed by atoms with Gasteiger partial charge in [0.05, 0.1) is 11.7 Å². The summed E-state index contributed by atoms with van der Waals surface area (Å²) in [6.07, 6.45) is -1.88. The average molecular weight is 375 g/mol. The van der Waals surface area contributed by atoms with Crippen LogP contribution in [0.5, 0.6) is 0 Å². The summed E-state index contributed by atoms with van der Waals surface area (Å²) in [6, 6.07) is 1.61. The van der Waals surface area contributed by atoms with E-state index in [2.05, 4.69) is 0 Å². The molecule has 3 atom stereocenters. The molecule has 1 aromatic rings. The summed E-state index contributed by atoms with van der Waals surface area (Å²) in [5.41, 5.74) is -0.626. The number of alkyl halides is 3. The van der Waals surface area contributed by atoms with Crippen molar-refractivity contribution in [1.82, 2.24) is 0 Å². The Labute approximate surface area is 150 Å². The molecule has 5 nitrogen and oxygen atoms in total. The van der Waals surface area contributed by atoms with Gasteiger partial charge in [-0.25, -0.2) is 0 Å². The maximum Gasteiger partial charge on any atom is 0.416 e. The molecule has 1 aromatic carbocycles. The number of nitrogens with zero attached hydrogens (tertiary/aromatic N) is 1. The third-order valence-electron chi connectivity index (χ3n) is 5.16. The van der Waals surface area contributed by atoms with Gasteiger partial charge in [-0.2, -0.15) is 13.2 Å². The molecule has 0 spiro atoms. The summed E-state index contributed by atoms with van der Waals surface area (Å²) in [7, 11) is 1.48. The fourth-order valence-corrected chi connectivity index (χ4v) is 3.65. The van der Waals surface area contributed by atoms with Crippen LogP contribution < -0.4 is 0 Å². The highest BCUT2D eigenvalue weighted by Gasteiger charge is 2.37. The molecule has 2 rings (SSSR count). The van der Waals surface area contributed by atoms with E-state index in [4.69, 9.17) is 4.74 Å². The van der Waals surface area contributed by atoms with Crippen molar-refractivity contribution in [3.8, 4) is 0 Å². The summed E-state index contributed by atoms with van der Waals surface area (Å²) in [4.78, 5) is 10.3. The first-order valence-electron chi connectivity index (χ1n) is 8.72. The number of rotatable bonds is 6. The quantitative estimate of drug-likeness (QED) is 0.579. The molecule has 0 bridgehead atoms. The Morgan fingerprint density at radius 2 is 1.85 bits per heavy atom. The van der Waals surface area contributed by atoms with Crippen LogP contribution in [0.25, 0.3) is 0 Å². The van der Waals surface area contributed by atoms with Crippen LogP contribution in [-0.2, 0) is 10.9 Å². The summed E-state index contributed by atoms with van der Waals surface area (Å²) < 4.78 is 44.9. The molecule has 1 fully saturated rings. The lowest BCUT2D eigenvalue weighted by atomic mass is 9.80. The molecule has 1 aliphatic rings. The monoisotopic (exact) mass is 375 g/mol. The van der Waals surface area contributed by atoms with E-state index in [0.29, 0.717) is 5.56 Å². The topological polar surface area (TPSA) is 72.6 Å². The molecule has 0 aromatic heterocycles. The smallest absolute Gasteiger partial charge is 0.381 e. The van der Waals surface area contributed by atoms with Crippen LogP contribution in [0.4, 0.5) is 13.2 Å². The molecule has 0 aliphatic heterocycles. The van der Waals surface area contributed by atoms with E-state index in [1.807, 2.05) is 0 Å². The fraction of sp³-hybridized carbons (Fsp3) is 0.667. The second-order valence-electron chi connectivity index (χ2n) is 6.87. The summed E-state index contributed by atoms with van der Waals surface area (Å²) in [5.74, 6) is 0.113. The van der Waals surface area contributed by atoms with Gasteiger partial charge in [-0.15, -0.1) is 0 Å². The van der Waals surface area contributed by atoms with E-state index in [1.165, 1.54) is 20.1 Å². The van der Waals surface area contributed by atoms with Gasteiger partial charge in [-0.3, -0.25) is 10.1 Å². The van der Waals surface area contributed by atoms with Crippen molar-refractivity contribution < 1.29 is 27.9 Å². The Hall–Kier alpha value is -1.67. The van der Waals surface area contributed by atoms with Crippen LogP contribution >= 0.6 is 0 Å². The van der Waals surface area contributed by atoms with E-state index in [9.17, 15) is 28.4 Å². The Morgan fingerprint density at radius 3 is 2.35 bits per heavy atom. The second kappa shape index (κ2) is 8.35. The number of nitro groups is 1. The third kappa shape index (κ3) is 4.54. The van der Waals surface area contributed by atoms with Gasteiger partial charge in [0.1, 0.15) is 6.10 Å². The number of hydrogen-bond donors (Lipinski definition) is 1. The van der Waals surface area contributed by atoms with Gasteiger partial charge in [0.2, 0.25) is 6.04 Å². The molecule has 0 amide bonds. The van der Waals surface area contributed by atoms with Gasteiger partial charge < -0.3 is 9.84 Å². The SMILES string of the molecule is COC(c1ccc(C(F)(F)F)cc1C(O)C(C)[N+](=O)[O-])C1CCCCC1. The number of hydrogen-bond acceptors (Lipinski definition) is 4. The summed E-state index contributed by atoms with van der Waals surface area (Å²) in [5, 5.41) is 21.4. The van der Waals surface area contributed by atoms with Crippen LogP contribution in [0.1, 0.15) is 67.9 Å². The van der Waals surface area contributed by atoms with Gasteiger partial charge in [-0.1, -0.05) is 25.3 Å². The highest BCUT2D eigenvalue weighted by Crippen LogP contribution is 2.41. The van der Waals surface area contributed by atoms with Crippen molar-refractivity contribution in [2.45, 2.75) is 63.5 Å². The number of halogens is 3. The largest absolute Gasteiger partial charge is 0.416 e. The Morgan fingerprint density at radius 1 is 1.23 bits per heavy atom. The lowest BCUT2D eigenvalue weighted by Crippen LogP contribution is -2.27. The van der Waals surface area contributed by atoms with Crippen molar-refractivity contribution in [1.29, 1.82) is 0 Å². The molecule has 8 heteroatoms. The molecular weight excluding hydrogens is 351 g/mol. The lowest BCUT2D eigenvalue weighted by Gasteiger charge is -2.32. The van der Waals surface area contributed by atoms with Crippen molar-refractivity contribution in [2.24, 2.45) is 5.92 Å². The number of ether oxygens (including phenoxy) is 1. The molecule has 1 aliphatic carbocycles. The third-order valence-corrected chi connectivity index (χ3v) is 5.16. The Bertz CT molecular complexity index is 629. The van der Waals surface area contributed by atoms with Crippen LogP contribution in [0.3, 0.4) is 0 Å². The highest BCUT2D eigenvalue weighted by molar-refractivity contribution is 5.37. The molecule has 0 saturated heterocycles. The zero-order chi connectivity index (χ0) is 19.5. The van der Waals surface area contributed by atoms with E-state index in [1.54, 1.807) is 0 Å². The van der Waals surface area contributed by atoms with E-state index in [0.717, 1.165) is 44.2 Å². The zero-order valence-corrected chi connectivity index (χ0v) is 14.8. The maximum atomic E-state index is 13.1. The number of benzene rings is 1. The van der Waals surface area contributed by atoms with Gasteiger partial charge in [0.15, 0.2) is 0 Å². The minimum absolute atomic E-state index is 0.0820. The maximum absolute atomic E-state index is 13.1. The van der Waals surface area contributed by atoms with Gasteiger partial charge in [-0.05, 0) is 42.0 Å². The van der Waals surface area contributed by atoms with Gasteiger partial charge in [0.25, 0.3) is 0 Å². The van der Waals surface area contributed by atoms with Crippen LogP contribution in [0.2, 0.25) is 0 Å². The first-order valence-corrected chi connectivity index (χ1v) is 8.72. The minimum atomic E-state index is -4.60. The number of methoxy groups -OCH3 is 1. The number of aliphatic hydroxyl groups excluding tert-OH is 1. The molecule has 3 unspecified atom stereocenters. The summed E-state index contributed by atoms with van der Waals surface area (Å²) >= 11 is 0. The van der Waals surface area contributed by atoms with Crippen molar-refractivity contribution in [3.05, 3.63) is 45.0 Å². The predicted octanol–water partition coefficient (Wildman–Crippen LogP) is 4.67. The molecular formula is C18H24F3NO4. The molecule has 26 heavy (non-hydrogen) atoms. The molecule has 0 heterocycles. The van der Waals surface area contributed by atoms with Crippen LogP contribution in [-0.4, -0.2) is 23.2 Å². The van der Waals surface area contributed by atoms with E-state index >= 15 is 0 Å². The molecule has 0 radical (unpaired) electrons. The van der Waals surface area contributed by atoms with Crippen LogP contribution in [0.15, 0.2) is 18.2 Å². The molecule has 1 saturated carbocycles. The van der Waals surface area contributed by atoms with Crippen LogP contribution in [0, 0.1) is 16.0 Å². The fourth-order valence-electron chi connectivity index (χ4n) is 3.65. The first kappa shape index (κ1) is 20.6. The van der Waals surface area contributed by atoms with Crippen molar-refractivity contribution >= 4 is 0 Å². The zero-order valence-electron chi connectivity index (χ0n) is 14.8. The molecule has 146 valence electrons. The van der Waals surface area contributed by atoms with E-state index in [-0.39, 0.29) is 11.5 Å². The van der Waals surface area contributed by atoms with Crippen molar-refractivity contribution in [2.75, 3.05) is 7.11 Å². The Kier molecular flexibility index (Phi) is 6.63. The lowest BCUT2D eigenvalue weighted by molar-refractivity contribution is -0.531. The first-order chi connectivity index (χ1) is 12.2. The van der Waals surface area contributed by atoms with E-state index < -0.39 is 34.9 Å². The minimum Gasteiger partial charge on any atom is -0.381 e. The Balaban J connectivity index is 2.50. The molecule has 1 N–H and O–H groups in total. The average Bonchev–Trinajstić information content (AvgIpc) is 2.61. The number of aliphatic hydroxyl groups is 1. The predicted molar refractivity (Wildman–Crippen MR) is 89.2 cm³/mol. The standard InChI is InChI=1S/C18H24F3NO4/c1-11(22(24)25)16(23)15-10-13(18(19,20)21)8-9-14(15)17(26-2)12-6-4-3-5-7-12/h8-12,16-17,23H,3-7H2,1-2H3. The summed E-state index contributed by atoms with van der Waals surface area (Å²) in [6.45, 7) is 1.18.